The molecule has 2 rings (SSSR count). The summed E-state index contributed by atoms with van der Waals surface area (Å²) in [5.41, 5.74) is 6.90. The fourth-order valence-corrected chi connectivity index (χ4v) is 1.33. The Bertz CT molecular complexity index is 510. The first-order chi connectivity index (χ1) is 7.29. The van der Waals surface area contributed by atoms with Gasteiger partial charge in [0.25, 0.3) is 0 Å². The van der Waals surface area contributed by atoms with Gasteiger partial charge in [0, 0.05) is 5.39 Å². The third-order valence-corrected chi connectivity index (χ3v) is 2.04. The number of nitrogens with two attached hydrogens (primary N) is 1. The molecule has 1 aromatic carbocycles. The van der Waals surface area contributed by atoms with E-state index in [1.165, 1.54) is 0 Å². The van der Waals surface area contributed by atoms with Gasteiger partial charge < -0.3 is 10.9 Å². The second-order valence-corrected chi connectivity index (χ2v) is 3.16. The van der Waals surface area contributed by atoms with E-state index in [0.29, 0.717) is 12.1 Å². The number of nitrogens with zero attached hydrogens (tertiary/aromatic N) is 3. The Morgan fingerprint density at radius 3 is 2.93 bits per heavy atom. The molecule has 3 N–H and O–H groups in total. The molecule has 0 aliphatic carbocycles. The molecule has 0 amide bonds. The zero-order chi connectivity index (χ0) is 10.7. The van der Waals surface area contributed by atoms with Gasteiger partial charge in [-0.25, -0.2) is 0 Å². The van der Waals surface area contributed by atoms with E-state index in [0.717, 1.165) is 10.9 Å². The van der Waals surface area contributed by atoms with Crippen molar-refractivity contribution in [3.8, 4) is 0 Å². The van der Waals surface area contributed by atoms with Gasteiger partial charge in [-0.05, 0) is 12.1 Å². The minimum absolute atomic E-state index is 0.125. The monoisotopic (exact) mass is 202 g/mol. The maximum atomic E-state index is 8.42. The van der Waals surface area contributed by atoms with Crippen LogP contribution in [0.3, 0.4) is 0 Å². The van der Waals surface area contributed by atoms with Gasteiger partial charge in [0.05, 0.1) is 17.6 Å². The molecule has 0 aliphatic heterocycles. The SMILES string of the molecule is N/C(Cc1cc2ccccc2nn1)=N\O. The molecule has 76 valence electrons. The van der Waals surface area contributed by atoms with Crippen molar-refractivity contribution in [3.05, 3.63) is 36.0 Å². The van der Waals surface area contributed by atoms with Gasteiger partial charge in [0.1, 0.15) is 5.84 Å². The first kappa shape index (κ1) is 9.39. The predicted octanol–water partition coefficient (Wildman–Crippen LogP) is 0.919. The molecule has 0 aliphatic rings. The zero-order valence-corrected chi connectivity index (χ0v) is 7.96. The van der Waals surface area contributed by atoms with Crippen molar-refractivity contribution in [2.24, 2.45) is 10.9 Å². The maximum Gasteiger partial charge on any atom is 0.145 e. The minimum Gasteiger partial charge on any atom is -0.409 e. The number of amidine groups is 1. The summed E-state index contributed by atoms with van der Waals surface area (Å²) in [6.45, 7) is 0. The van der Waals surface area contributed by atoms with E-state index in [-0.39, 0.29) is 5.84 Å². The molecule has 5 nitrogen and oxygen atoms in total. The molecular weight excluding hydrogens is 192 g/mol. The largest absolute Gasteiger partial charge is 0.409 e. The van der Waals surface area contributed by atoms with Crippen LogP contribution < -0.4 is 5.73 Å². The van der Waals surface area contributed by atoms with Crippen molar-refractivity contribution in [3.63, 3.8) is 0 Å². The second kappa shape index (κ2) is 3.91. The third kappa shape index (κ3) is 2.01. The quantitative estimate of drug-likeness (QED) is 0.328. The Morgan fingerprint density at radius 2 is 2.13 bits per heavy atom. The van der Waals surface area contributed by atoms with Gasteiger partial charge in [0.2, 0.25) is 0 Å². The highest BCUT2D eigenvalue weighted by atomic mass is 16.4. The second-order valence-electron chi connectivity index (χ2n) is 3.16. The molecular formula is C10H10N4O. The summed E-state index contributed by atoms with van der Waals surface area (Å²) in [5, 5.41) is 20.3. The lowest BCUT2D eigenvalue weighted by molar-refractivity contribution is 0.317. The Labute approximate surface area is 86.2 Å². The van der Waals surface area contributed by atoms with E-state index in [1.54, 1.807) is 0 Å². The molecule has 0 unspecified atom stereocenters. The lowest BCUT2D eigenvalue weighted by Gasteiger charge is -2.00. The van der Waals surface area contributed by atoms with Crippen molar-refractivity contribution < 1.29 is 5.21 Å². The number of benzene rings is 1. The summed E-state index contributed by atoms with van der Waals surface area (Å²) in [4.78, 5) is 0. The molecule has 0 fully saturated rings. The lowest BCUT2D eigenvalue weighted by atomic mass is 10.2. The Morgan fingerprint density at radius 1 is 1.33 bits per heavy atom. The van der Waals surface area contributed by atoms with Crippen molar-refractivity contribution in [1.29, 1.82) is 0 Å². The van der Waals surface area contributed by atoms with E-state index in [9.17, 15) is 0 Å². The van der Waals surface area contributed by atoms with Gasteiger partial charge in [-0.3, -0.25) is 0 Å². The van der Waals surface area contributed by atoms with Crippen LogP contribution in [0.2, 0.25) is 0 Å². The Hall–Kier alpha value is -2.17. The highest BCUT2D eigenvalue weighted by Crippen LogP contribution is 2.10. The van der Waals surface area contributed by atoms with E-state index >= 15 is 0 Å². The third-order valence-electron chi connectivity index (χ3n) is 2.04. The molecule has 0 atom stereocenters. The van der Waals surface area contributed by atoms with Crippen LogP contribution in [0.25, 0.3) is 10.9 Å². The highest BCUT2D eigenvalue weighted by molar-refractivity contribution is 5.83. The fourth-order valence-electron chi connectivity index (χ4n) is 1.33. The Balaban J connectivity index is 2.39. The van der Waals surface area contributed by atoms with Crippen molar-refractivity contribution >= 4 is 16.7 Å². The Kier molecular flexibility index (Phi) is 2.45. The first-order valence-electron chi connectivity index (χ1n) is 4.47. The van der Waals surface area contributed by atoms with Crippen LogP contribution in [-0.2, 0) is 6.42 Å². The number of hydrogen-bond donors (Lipinski definition) is 2. The standard InChI is InChI=1S/C10H10N4O/c11-10(14-15)6-8-5-7-3-1-2-4-9(7)13-12-8/h1-5,15H,6H2,(H2,11,14). The average molecular weight is 202 g/mol. The maximum absolute atomic E-state index is 8.42. The number of aromatic nitrogens is 2. The summed E-state index contributed by atoms with van der Waals surface area (Å²) < 4.78 is 0. The van der Waals surface area contributed by atoms with Gasteiger partial charge >= 0.3 is 0 Å². The molecule has 1 aromatic heterocycles. The van der Waals surface area contributed by atoms with Crippen LogP contribution in [0.5, 0.6) is 0 Å². The normalized spacial score (nSPS) is 11.9. The fraction of sp³-hybridized carbons (Fsp3) is 0.100. The number of oxime groups is 1. The summed E-state index contributed by atoms with van der Waals surface area (Å²) in [6, 6.07) is 9.54. The molecule has 5 heteroatoms. The van der Waals surface area contributed by atoms with Crippen LogP contribution in [0.15, 0.2) is 35.5 Å². The lowest BCUT2D eigenvalue weighted by Crippen LogP contribution is -2.15. The molecule has 1 heterocycles. The molecule has 0 saturated carbocycles. The van der Waals surface area contributed by atoms with Crippen molar-refractivity contribution in [1.82, 2.24) is 10.2 Å². The predicted molar refractivity (Wildman–Crippen MR) is 56.7 cm³/mol. The van der Waals surface area contributed by atoms with Crippen LogP contribution in [0.4, 0.5) is 0 Å². The molecule has 0 saturated heterocycles. The molecule has 0 radical (unpaired) electrons. The summed E-state index contributed by atoms with van der Waals surface area (Å²) in [7, 11) is 0. The molecule has 2 aromatic rings. The van der Waals surface area contributed by atoms with E-state index in [1.807, 2.05) is 30.3 Å². The van der Waals surface area contributed by atoms with Crippen molar-refractivity contribution in [2.75, 3.05) is 0 Å². The average Bonchev–Trinajstić information content (AvgIpc) is 2.29. The zero-order valence-electron chi connectivity index (χ0n) is 7.96. The number of rotatable bonds is 2. The summed E-state index contributed by atoms with van der Waals surface area (Å²) >= 11 is 0. The van der Waals surface area contributed by atoms with Gasteiger partial charge in [-0.15, -0.1) is 0 Å². The van der Waals surface area contributed by atoms with Gasteiger partial charge in [0.15, 0.2) is 0 Å². The topological polar surface area (TPSA) is 84.4 Å². The van der Waals surface area contributed by atoms with Crippen LogP contribution in [0.1, 0.15) is 5.69 Å². The summed E-state index contributed by atoms with van der Waals surface area (Å²) in [5.74, 6) is 0.125. The minimum atomic E-state index is 0.125. The smallest absolute Gasteiger partial charge is 0.145 e. The molecule has 0 bridgehead atoms. The van der Waals surface area contributed by atoms with Gasteiger partial charge in [-0.2, -0.15) is 10.2 Å². The first-order valence-corrected chi connectivity index (χ1v) is 4.47. The molecule has 15 heavy (non-hydrogen) atoms. The molecule has 0 spiro atoms. The number of hydrogen-bond acceptors (Lipinski definition) is 4. The van der Waals surface area contributed by atoms with Crippen LogP contribution >= 0.6 is 0 Å². The summed E-state index contributed by atoms with van der Waals surface area (Å²) in [6.07, 6.45) is 0.300. The number of fused-ring (bicyclic) bond motifs is 1. The van der Waals surface area contributed by atoms with Gasteiger partial charge in [-0.1, -0.05) is 23.4 Å². The van der Waals surface area contributed by atoms with Crippen LogP contribution in [-0.4, -0.2) is 21.2 Å². The van der Waals surface area contributed by atoms with Crippen LogP contribution in [0, 0.1) is 0 Å². The van der Waals surface area contributed by atoms with Crippen molar-refractivity contribution in [2.45, 2.75) is 6.42 Å². The van der Waals surface area contributed by atoms with E-state index < -0.39 is 0 Å². The highest BCUT2D eigenvalue weighted by Gasteiger charge is 2.01. The van der Waals surface area contributed by atoms with E-state index in [4.69, 9.17) is 10.9 Å². The van der Waals surface area contributed by atoms with E-state index in [2.05, 4.69) is 15.4 Å².